The summed E-state index contributed by atoms with van der Waals surface area (Å²) < 4.78 is 0. The van der Waals surface area contributed by atoms with Crippen molar-refractivity contribution in [2.45, 2.75) is 112 Å². The maximum Gasteiger partial charge on any atom is 0.327 e. The Morgan fingerprint density at radius 2 is 1.44 bits per heavy atom. The summed E-state index contributed by atoms with van der Waals surface area (Å²) >= 11 is 1.72. The molecule has 2 N–H and O–H groups in total. The molecule has 0 aliphatic heterocycles. The number of carboxylic acid groups (broad SMARTS) is 1. The summed E-state index contributed by atoms with van der Waals surface area (Å²) in [5.74, 6) is 5.16. The lowest BCUT2D eigenvalue weighted by molar-refractivity contribution is -0.137. The second kappa shape index (κ2) is 18.0. The molecule has 0 radical (unpaired) electrons. The Balaban J connectivity index is 2.10. The number of aliphatic carboxylic acids is 1. The maximum atomic E-state index is 11.6. The van der Waals surface area contributed by atoms with Crippen molar-refractivity contribution in [2.75, 3.05) is 16.8 Å². The zero-order valence-corrected chi connectivity index (χ0v) is 23.5. The largest absolute Gasteiger partial charge is 0.480 e. The number of nitrogens with one attached hydrogen (secondary N) is 1. The predicted molar refractivity (Wildman–Crippen MR) is 148 cm³/mol. The number of aromatic nitrogens is 2. The molecule has 0 aliphatic rings. The van der Waals surface area contributed by atoms with Gasteiger partial charge >= 0.3 is 5.97 Å². The Hall–Kier alpha value is -1.30. The molecular weight excluding hydrogens is 442 g/mol. The number of carboxylic acids is 1. The van der Waals surface area contributed by atoms with Gasteiger partial charge in [-0.15, -0.1) is 0 Å². The van der Waals surface area contributed by atoms with E-state index < -0.39 is 12.0 Å². The first-order chi connectivity index (χ1) is 16.2. The summed E-state index contributed by atoms with van der Waals surface area (Å²) in [5.41, 5.74) is 0. The van der Waals surface area contributed by atoms with Gasteiger partial charge in [-0.1, -0.05) is 92.4 Å². The zero-order chi connectivity index (χ0) is 25.3. The van der Waals surface area contributed by atoms with Crippen molar-refractivity contribution in [3.8, 4) is 0 Å². The van der Waals surface area contributed by atoms with Crippen molar-refractivity contribution in [2.24, 2.45) is 23.7 Å². The van der Waals surface area contributed by atoms with Crippen molar-refractivity contribution in [3.63, 3.8) is 0 Å². The monoisotopic (exact) mass is 493 g/mol. The number of nitrogens with zero attached hydrogens (tertiary/aromatic N) is 2. The average molecular weight is 494 g/mol. The minimum Gasteiger partial charge on any atom is -0.480 e. The lowest BCUT2D eigenvalue weighted by atomic mass is 9.91. The van der Waals surface area contributed by atoms with Crippen LogP contribution in [-0.4, -0.2) is 38.6 Å². The molecule has 0 saturated carbocycles. The first-order valence-corrected chi connectivity index (χ1v) is 14.7. The van der Waals surface area contributed by atoms with Gasteiger partial charge in [0.25, 0.3) is 0 Å². The minimum atomic E-state index is -0.837. The molecule has 4 atom stereocenters. The molecular formula is C28H51N3O2S. The lowest BCUT2D eigenvalue weighted by Gasteiger charge is -2.17. The second-order valence-corrected chi connectivity index (χ2v) is 12.0. The van der Waals surface area contributed by atoms with Crippen molar-refractivity contribution >= 4 is 23.5 Å². The molecule has 0 bridgehead atoms. The SMILES string of the molecule is Cc1nccc(NC(CSCCC(C)CCCC(C)CCCC(C)CCCC(C)C)C(=O)O)n1. The molecule has 1 aromatic heterocycles. The minimum absolute atomic E-state index is 0.540. The molecule has 34 heavy (non-hydrogen) atoms. The third kappa shape index (κ3) is 15.6. The topological polar surface area (TPSA) is 75.1 Å². The molecule has 4 unspecified atom stereocenters. The third-order valence-corrected chi connectivity index (χ3v) is 7.80. The van der Waals surface area contributed by atoms with Crippen LogP contribution in [0.3, 0.4) is 0 Å². The molecule has 0 spiro atoms. The number of aryl methyl sites for hydroxylation is 1. The Morgan fingerprint density at radius 1 is 0.912 bits per heavy atom. The van der Waals surface area contributed by atoms with Gasteiger partial charge < -0.3 is 10.4 Å². The van der Waals surface area contributed by atoms with E-state index in [1.807, 2.05) is 0 Å². The number of hydrogen-bond donors (Lipinski definition) is 2. The van der Waals surface area contributed by atoms with Gasteiger partial charge in [0.15, 0.2) is 0 Å². The molecule has 0 aromatic carbocycles. The van der Waals surface area contributed by atoms with Crippen molar-refractivity contribution in [1.82, 2.24) is 9.97 Å². The molecule has 6 heteroatoms. The number of hydrogen-bond acceptors (Lipinski definition) is 5. The van der Waals surface area contributed by atoms with E-state index in [0.29, 0.717) is 23.3 Å². The molecule has 5 nitrogen and oxygen atoms in total. The number of rotatable bonds is 20. The summed E-state index contributed by atoms with van der Waals surface area (Å²) in [5, 5.41) is 12.5. The quantitative estimate of drug-likeness (QED) is 0.180. The van der Waals surface area contributed by atoms with Gasteiger partial charge in [-0.05, 0) is 48.8 Å². The Morgan fingerprint density at radius 3 is 1.94 bits per heavy atom. The third-order valence-electron chi connectivity index (χ3n) is 6.70. The van der Waals surface area contributed by atoms with Gasteiger partial charge in [-0.3, -0.25) is 0 Å². The van der Waals surface area contributed by atoms with Gasteiger partial charge in [0.1, 0.15) is 17.7 Å². The molecule has 0 saturated heterocycles. The van der Waals surface area contributed by atoms with Crippen LogP contribution in [0, 0.1) is 30.6 Å². The van der Waals surface area contributed by atoms with Crippen molar-refractivity contribution in [3.05, 3.63) is 18.1 Å². The fourth-order valence-electron chi connectivity index (χ4n) is 4.31. The van der Waals surface area contributed by atoms with E-state index in [1.54, 1.807) is 30.9 Å². The van der Waals surface area contributed by atoms with E-state index in [-0.39, 0.29) is 0 Å². The van der Waals surface area contributed by atoms with Gasteiger partial charge in [0.2, 0.25) is 0 Å². The van der Waals surface area contributed by atoms with Crippen molar-refractivity contribution < 1.29 is 9.90 Å². The summed E-state index contributed by atoms with van der Waals surface area (Å²) in [7, 11) is 0. The Kier molecular flexibility index (Phi) is 16.3. The molecule has 0 amide bonds. The smallest absolute Gasteiger partial charge is 0.327 e. The summed E-state index contributed by atoms with van der Waals surface area (Å²) in [6.07, 6.45) is 15.0. The average Bonchev–Trinajstić information content (AvgIpc) is 2.75. The van der Waals surface area contributed by atoms with Crippen LogP contribution in [0.5, 0.6) is 0 Å². The molecule has 1 heterocycles. The maximum absolute atomic E-state index is 11.6. The molecule has 0 aliphatic carbocycles. The van der Waals surface area contributed by atoms with Crippen LogP contribution in [0.15, 0.2) is 12.3 Å². The first-order valence-electron chi connectivity index (χ1n) is 13.5. The van der Waals surface area contributed by atoms with Crippen LogP contribution < -0.4 is 5.32 Å². The van der Waals surface area contributed by atoms with Crippen LogP contribution in [0.1, 0.15) is 105 Å². The first kappa shape index (κ1) is 30.7. The molecule has 196 valence electrons. The van der Waals surface area contributed by atoms with Gasteiger partial charge in [-0.2, -0.15) is 11.8 Å². The highest BCUT2D eigenvalue weighted by molar-refractivity contribution is 7.99. The van der Waals surface area contributed by atoms with Crippen LogP contribution in [0.4, 0.5) is 5.82 Å². The van der Waals surface area contributed by atoms with E-state index >= 15 is 0 Å². The van der Waals surface area contributed by atoms with Crippen molar-refractivity contribution in [1.29, 1.82) is 0 Å². The number of thioether (sulfide) groups is 1. The van der Waals surface area contributed by atoms with Crippen LogP contribution in [0.2, 0.25) is 0 Å². The van der Waals surface area contributed by atoms with Crippen LogP contribution in [0.25, 0.3) is 0 Å². The van der Waals surface area contributed by atoms with Gasteiger partial charge in [-0.25, -0.2) is 14.8 Å². The normalized spacial score (nSPS) is 15.1. The zero-order valence-electron chi connectivity index (χ0n) is 22.7. The Labute approximate surface area is 213 Å². The van der Waals surface area contributed by atoms with Gasteiger partial charge in [0, 0.05) is 11.9 Å². The predicted octanol–water partition coefficient (Wildman–Crippen LogP) is 7.85. The van der Waals surface area contributed by atoms with Gasteiger partial charge in [0.05, 0.1) is 0 Å². The summed E-state index contributed by atoms with van der Waals surface area (Å²) in [4.78, 5) is 19.9. The van der Waals surface area contributed by atoms with E-state index in [1.165, 1.54) is 57.8 Å². The second-order valence-electron chi connectivity index (χ2n) is 10.9. The van der Waals surface area contributed by atoms with E-state index in [0.717, 1.165) is 29.9 Å². The highest BCUT2D eigenvalue weighted by atomic mass is 32.2. The standard InChI is InChI=1S/C28H51N3O2S/c1-21(2)10-7-11-22(3)12-8-13-23(4)14-9-15-24(5)17-19-34-20-26(28(32)33)31-27-16-18-29-25(6)30-27/h16,18,21-24,26H,7-15,17,19-20H2,1-6H3,(H,32,33)(H,29,30,31). The number of carbonyl (C=O) groups is 1. The fourth-order valence-corrected chi connectivity index (χ4v) is 5.51. The lowest BCUT2D eigenvalue weighted by Crippen LogP contribution is -2.32. The Bertz CT molecular complexity index is 671. The van der Waals surface area contributed by atoms with Crippen LogP contribution >= 0.6 is 11.8 Å². The molecule has 0 fully saturated rings. The number of anilines is 1. The van der Waals surface area contributed by atoms with Crippen LogP contribution in [-0.2, 0) is 4.79 Å². The highest BCUT2D eigenvalue weighted by Gasteiger charge is 2.18. The fraction of sp³-hybridized carbons (Fsp3) is 0.821. The molecule has 1 aromatic rings. The van der Waals surface area contributed by atoms with E-state index in [2.05, 4.69) is 49.9 Å². The highest BCUT2D eigenvalue weighted by Crippen LogP contribution is 2.23. The summed E-state index contributed by atoms with van der Waals surface area (Å²) in [6, 6.07) is 1.08. The van der Waals surface area contributed by atoms with E-state index in [9.17, 15) is 9.90 Å². The summed E-state index contributed by atoms with van der Waals surface area (Å²) in [6.45, 7) is 13.6. The molecule has 1 rings (SSSR count). The van der Waals surface area contributed by atoms with E-state index in [4.69, 9.17) is 0 Å².